The van der Waals surface area contributed by atoms with Crippen LogP contribution in [-0.4, -0.2) is 29.3 Å². The van der Waals surface area contributed by atoms with Gasteiger partial charge in [-0.1, -0.05) is 48.3 Å². The molecule has 0 aliphatic heterocycles. The lowest BCUT2D eigenvalue weighted by molar-refractivity contribution is -0.140. The maximum absolute atomic E-state index is 12.2. The van der Waals surface area contributed by atoms with Gasteiger partial charge >= 0.3 is 0 Å². The van der Waals surface area contributed by atoms with Gasteiger partial charge in [-0.2, -0.15) is 0 Å². The number of carbonyl (C=O) groups is 2. The van der Waals surface area contributed by atoms with Gasteiger partial charge in [0.25, 0.3) is 0 Å². The standard InChI is InChI=1S/C17H25BrN2O2/c1-4-6-10-19-17(22)13(3)20(16(21)5-2)12-14-8-7-9-15(18)11-14/h7-9,11,13H,4-6,10,12H2,1-3H3,(H,19,22)/t13-/m0/s1. The molecule has 0 radical (unpaired) electrons. The van der Waals surface area contributed by atoms with Gasteiger partial charge < -0.3 is 10.2 Å². The minimum atomic E-state index is -0.469. The number of amides is 2. The minimum Gasteiger partial charge on any atom is -0.354 e. The van der Waals surface area contributed by atoms with Crippen molar-refractivity contribution in [3.05, 3.63) is 34.3 Å². The van der Waals surface area contributed by atoms with Crippen LogP contribution in [0, 0.1) is 0 Å². The molecule has 0 spiro atoms. The molecule has 122 valence electrons. The molecule has 0 aliphatic carbocycles. The number of rotatable bonds is 8. The highest BCUT2D eigenvalue weighted by Gasteiger charge is 2.24. The van der Waals surface area contributed by atoms with E-state index in [4.69, 9.17) is 0 Å². The first kappa shape index (κ1) is 18.7. The Kier molecular flexibility index (Phi) is 8.17. The quantitative estimate of drug-likeness (QED) is 0.713. The molecule has 0 saturated carbocycles. The number of hydrogen-bond donors (Lipinski definition) is 1. The Morgan fingerprint density at radius 1 is 1.32 bits per heavy atom. The van der Waals surface area contributed by atoms with Crippen LogP contribution in [0.15, 0.2) is 28.7 Å². The van der Waals surface area contributed by atoms with Crippen LogP contribution in [0.3, 0.4) is 0 Å². The van der Waals surface area contributed by atoms with Gasteiger partial charge in [0.05, 0.1) is 0 Å². The zero-order chi connectivity index (χ0) is 16.5. The highest BCUT2D eigenvalue weighted by Crippen LogP contribution is 2.15. The summed E-state index contributed by atoms with van der Waals surface area (Å²) in [6, 6.07) is 7.33. The van der Waals surface area contributed by atoms with E-state index in [-0.39, 0.29) is 11.8 Å². The van der Waals surface area contributed by atoms with Crippen molar-refractivity contribution < 1.29 is 9.59 Å². The van der Waals surface area contributed by atoms with Crippen LogP contribution in [-0.2, 0) is 16.1 Å². The van der Waals surface area contributed by atoms with Crippen molar-refractivity contribution in [1.82, 2.24) is 10.2 Å². The first-order valence-electron chi connectivity index (χ1n) is 7.81. The molecule has 1 atom stereocenters. The molecule has 0 saturated heterocycles. The van der Waals surface area contributed by atoms with Crippen LogP contribution in [0.2, 0.25) is 0 Å². The molecule has 0 aromatic heterocycles. The van der Waals surface area contributed by atoms with Crippen molar-refractivity contribution in [2.75, 3.05) is 6.54 Å². The SMILES string of the molecule is CCCCNC(=O)[C@H](C)N(Cc1cccc(Br)c1)C(=O)CC. The van der Waals surface area contributed by atoms with Gasteiger partial charge in [0.15, 0.2) is 0 Å². The van der Waals surface area contributed by atoms with Gasteiger partial charge in [-0.3, -0.25) is 9.59 Å². The summed E-state index contributed by atoms with van der Waals surface area (Å²) in [4.78, 5) is 26.1. The van der Waals surface area contributed by atoms with E-state index in [0.29, 0.717) is 19.5 Å². The van der Waals surface area contributed by atoms with Crippen LogP contribution in [0.25, 0.3) is 0 Å². The van der Waals surface area contributed by atoms with Crippen molar-refractivity contribution in [2.24, 2.45) is 0 Å². The molecule has 2 amide bonds. The molecule has 1 aromatic carbocycles. The molecule has 1 rings (SSSR count). The minimum absolute atomic E-state index is 0.0156. The van der Waals surface area contributed by atoms with Crippen molar-refractivity contribution >= 4 is 27.7 Å². The third kappa shape index (κ3) is 5.79. The summed E-state index contributed by atoms with van der Waals surface area (Å²) in [5.41, 5.74) is 1.00. The van der Waals surface area contributed by atoms with E-state index in [9.17, 15) is 9.59 Å². The lowest BCUT2D eigenvalue weighted by Gasteiger charge is -2.28. The second kappa shape index (κ2) is 9.62. The molecule has 0 aliphatic rings. The number of halogens is 1. The maximum Gasteiger partial charge on any atom is 0.242 e. The average Bonchev–Trinajstić information content (AvgIpc) is 2.51. The fourth-order valence-corrected chi connectivity index (χ4v) is 2.60. The van der Waals surface area contributed by atoms with Crippen LogP contribution < -0.4 is 5.32 Å². The molecule has 4 nitrogen and oxygen atoms in total. The van der Waals surface area contributed by atoms with E-state index in [1.165, 1.54) is 0 Å². The van der Waals surface area contributed by atoms with E-state index in [2.05, 4.69) is 28.2 Å². The molecule has 0 unspecified atom stereocenters. The second-order valence-corrected chi connectivity index (χ2v) is 6.24. The number of unbranched alkanes of at least 4 members (excludes halogenated alkanes) is 1. The van der Waals surface area contributed by atoms with E-state index >= 15 is 0 Å². The Morgan fingerprint density at radius 2 is 2.05 bits per heavy atom. The molecule has 0 bridgehead atoms. The molecular formula is C17H25BrN2O2. The lowest BCUT2D eigenvalue weighted by Crippen LogP contribution is -2.47. The summed E-state index contributed by atoms with van der Waals surface area (Å²) in [7, 11) is 0. The van der Waals surface area contributed by atoms with Gasteiger partial charge in [-0.05, 0) is 31.0 Å². The molecule has 0 fully saturated rings. The maximum atomic E-state index is 12.2. The highest BCUT2D eigenvalue weighted by atomic mass is 79.9. The number of nitrogens with one attached hydrogen (secondary N) is 1. The van der Waals surface area contributed by atoms with Crippen LogP contribution in [0.1, 0.15) is 45.6 Å². The average molecular weight is 369 g/mol. The van der Waals surface area contributed by atoms with Gasteiger partial charge in [-0.25, -0.2) is 0 Å². The second-order valence-electron chi connectivity index (χ2n) is 5.33. The summed E-state index contributed by atoms with van der Waals surface area (Å²) < 4.78 is 0.967. The van der Waals surface area contributed by atoms with Crippen molar-refractivity contribution in [3.8, 4) is 0 Å². The molecule has 22 heavy (non-hydrogen) atoms. The van der Waals surface area contributed by atoms with E-state index < -0.39 is 6.04 Å². The van der Waals surface area contributed by atoms with E-state index in [0.717, 1.165) is 22.9 Å². The van der Waals surface area contributed by atoms with Crippen LogP contribution in [0.4, 0.5) is 0 Å². The van der Waals surface area contributed by atoms with Crippen molar-refractivity contribution in [1.29, 1.82) is 0 Å². The summed E-state index contributed by atoms with van der Waals surface area (Å²) in [6.45, 7) is 6.78. The monoisotopic (exact) mass is 368 g/mol. The molecule has 5 heteroatoms. The number of carbonyl (C=O) groups excluding carboxylic acids is 2. The van der Waals surface area contributed by atoms with Crippen LogP contribution in [0.5, 0.6) is 0 Å². The van der Waals surface area contributed by atoms with E-state index in [1.807, 2.05) is 31.2 Å². The Morgan fingerprint density at radius 3 is 2.64 bits per heavy atom. The number of nitrogens with zero attached hydrogens (tertiary/aromatic N) is 1. The first-order chi connectivity index (χ1) is 10.5. The van der Waals surface area contributed by atoms with Crippen LogP contribution >= 0.6 is 15.9 Å². The topological polar surface area (TPSA) is 49.4 Å². The predicted octanol–water partition coefficient (Wildman–Crippen LogP) is 3.49. The van der Waals surface area contributed by atoms with Gasteiger partial charge in [0.2, 0.25) is 11.8 Å². The normalized spacial score (nSPS) is 11.8. The summed E-state index contributed by atoms with van der Waals surface area (Å²) in [5, 5.41) is 2.90. The third-order valence-electron chi connectivity index (χ3n) is 3.54. The zero-order valence-electron chi connectivity index (χ0n) is 13.6. The third-order valence-corrected chi connectivity index (χ3v) is 4.03. The smallest absolute Gasteiger partial charge is 0.242 e. The zero-order valence-corrected chi connectivity index (χ0v) is 15.1. The predicted molar refractivity (Wildman–Crippen MR) is 92.4 cm³/mol. The Labute approximate surface area is 141 Å². The first-order valence-corrected chi connectivity index (χ1v) is 8.60. The van der Waals surface area contributed by atoms with E-state index in [1.54, 1.807) is 11.8 Å². The summed E-state index contributed by atoms with van der Waals surface area (Å²) in [5.74, 6) is -0.108. The fraction of sp³-hybridized carbons (Fsp3) is 0.529. The number of benzene rings is 1. The van der Waals surface area contributed by atoms with Crippen molar-refractivity contribution in [3.63, 3.8) is 0 Å². The highest BCUT2D eigenvalue weighted by molar-refractivity contribution is 9.10. The Hall–Kier alpha value is -1.36. The molecule has 1 N–H and O–H groups in total. The van der Waals surface area contributed by atoms with Gasteiger partial charge in [-0.15, -0.1) is 0 Å². The Bertz CT molecular complexity index is 505. The molecule has 0 heterocycles. The fourth-order valence-electron chi connectivity index (χ4n) is 2.15. The summed E-state index contributed by atoms with van der Waals surface area (Å²) in [6.07, 6.45) is 2.37. The Balaban J connectivity index is 2.79. The number of hydrogen-bond acceptors (Lipinski definition) is 2. The van der Waals surface area contributed by atoms with Gasteiger partial charge in [0.1, 0.15) is 6.04 Å². The van der Waals surface area contributed by atoms with Crippen molar-refractivity contribution in [2.45, 2.75) is 52.6 Å². The lowest BCUT2D eigenvalue weighted by atomic mass is 10.1. The van der Waals surface area contributed by atoms with Gasteiger partial charge in [0, 0.05) is 24.0 Å². The molecule has 1 aromatic rings. The largest absolute Gasteiger partial charge is 0.354 e. The molecular weight excluding hydrogens is 344 g/mol. The summed E-state index contributed by atoms with van der Waals surface area (Å²) >= 11 is 3.43.